The van der Waals surface area contributed by atoms with Crippen molar-refractivity contribution in [3.05, 3.63) is 47.5 Å². The highest BCUT2D eigenvalue weighted by atomic mass is 35.5. The Balaban J connectivity index is 0.00000312. The predicted molar refractivity (Wildman–Crippen MR) is 87.1 cm³/mol. The van der Waals surface area contributed by atoms with Crippen LogP contribution in [0.1, 0.15) is 17.2 Å². The average molecular weight is 379 g/mol. The number of halogens is 4. The number of alkyl halides is 2. The van der Waals surface area contributed by atoms with E-state index < -0.39 is 24.4 Å². The molecule has 2 rings (SSSR count). The van der Waals surface area contributed by atoms with Crippen LogP contribution in [-0.4, -0.2) is 29.3 Å². The standard InChI is InChI=1S/C15H17F3N4O2.ClH/c1-19-13(9-6-21-22(2)8-9)14(23)20-7-10-11(16)4-3-5-12(10)24-15(17)18;/h3-6,8,13,15,19H,7H2,1-2H3,(H,20,23);1H. The van der Waals surface area contributed by atoms with Crippen molar-refractivity contribution < 1.29 is 22.7 Å². The Labute approximate surface area is 148 Å². The van der Waals surface area contributed by atoms with Gasteiger partial charge in [0.1, 0.15) is 17.6 Å². The largest absolute Gasteiger partial charge is 0.434 e. The summed E-state index contributed by atoms with van der Waals surface area (Å²) in [6, 6.07) is 2.87. The molecular formula is C15H18ClF3N4O2. The number of nitrogens with one attached hydrogen (secondary N) is 2. The van der Waals surface area contributed by atoms with Crippen LogP contribution in [0.3, 0.4) is 0 Å². The maximum absolute atomic E-state index is 13.9. The van der Waals surface area contributed by atoms with E-state index in [9.17, 15) is 18.0 Å². The Morgan fingerprint density at radius 1 is 1.40 bits per heavy atom. The summed E-state index contributed by atoms with van der Waals surface area (Å²) in [7, 11) is 3.30. The first-order chi connectivity index (χ1) is 11.4. The third-order valence-corrected chi connectivity index (χ3v) is 3.34. The molecule has 2 N–H and O–H groups in total. The lowest BCUT2D eigenvalue weighted by Gasteiger charge is -2.16. The van der Waals surface area contributed by atoms with E-state index in [1.54, 1.807) is 25.0 Å². The number of rotatable bonds is 7. The van der Waals surface area contributed by atoms with E-state index in [4.69, 9.17) is 0 Å². The van der Waals surface area contributed by atoms with E-state index in [1.807, 2.05) is 0 Å². The molecule has 0 aliphatic carbocycles. The lowest BCUT2D eigenvalue weighted by molar-refractivity contribution is -0.123. The van der Waals surface area contributed by atoms with Crippen LogP contribution in [0.25, 0.3) is 0 Å². The molecule has 1 amide bonds. The molecule has 10 heteroatoms. The lowest BCUT2D eigenvalue weighted by Crippen LogP contribution is -2.35. The average Bonchev–Trinajstić information content (AvgIpc) is 2.93. The van der Waals surface area contributed by atoms with Gasteiger partial charge in [-0.1, -0.05) is 6.07 Å². The fraction of sp³-hybridized carbons (Fsp3) is 0.333. The molecule has 1 unspecified atom stereocenters. The molecular weight excluding hydrogens is 361 g/mol. The van der Waals surface area contributed by atoms with Crippen molar-refractivity contribution in [1.82, 2.24) is 20.4 Å². The van der Waals surface area contributed by atoms with E-state index in [2.05, 4.69) is 20.5 Å². The smallest absolute Gasteiger partial charge is 0.387 e. The Bertz CT molecular complexity index is 712. The molecule has 25 heavy (non-hydrogen) atoms. The van der Waals surface area contributed by atoms with Crippen LogP contribution < -0.4 is 15.4 Å². The zero-order valence-corrected chi connectivity index (χ0v) is 14.3. The van der Waals surface area contributed by atoms with Gasteiger partial charge in [0.2, 0.25) is 5.91 Å². The van der Waals surface area contributed by atoms with Crippen molar-refractivity contribution in [3.8, 4) is 5.75 Å². The Morgan fingerprint density at radius 2 is 2.12 bits per heavy atom. The normalized spacial score (nSPS) is 11.8. The summed E-state index contributed by atoms with van der Waals surface area (Å²) in [4.78, 5) is 12.3. The van der Waals surface area contributed by atoms with Crippen molar-refractivity contribution in [1.29, 1.82) is 0 Å². The first-order valence-corrected chi connectivity index (χ1v) is 7.08. The van der Waals surface area contributed by atoms with E-state index in [-0.39, 0.29) is 30.3 Å². The second-order valence-corrected chi connectivity index (χ2v) is 4.98. The second kappa shape index (κ2) is 9.28. The fourth-order valence-corrected chi connectivity index (χ4v) is 2.23. The highest BCUT2D eigenvalue weighted by molar-refractivity contribution is 5.85. The molecule has 0 saturated heterocycles. The quantitative estimate of drug-likeness (QED) is 0.774. The number of likely N-dealkylation sites (N-methyl/N-ethyl adjacent to an activating group) is 1. The highest BCUT2D eigenvalue weighted by Crippen LogP contribution is 2.23. The summed E-state index contributed by atoms with van der Waals surface area (Å²) in [6.45, 7) is -3.37. The van der Waals surface area contributed by atoms with Crippen LogP contribution in [0.5, 0.6) is 5.75 Å². The summed E-state index contributed by atoms with van der Waals surface area (Å²) in [5.74, 6) is -1.50. The molecule has 1 atom stereocenters. The van der Waals surface area contributed by atoms with Gasteiger partial charge in [0.15, 0.2) is 0 Å². The second-order valence-electron chi connectivity index (χ2n) is 4.98. The maximum Gasteiger partial charge on any atom is 0.387 e. The van der Waals surface area contributed by atoms with Crippen molar-refractivity contribution in [2.24, 2.45) is 7.05 Å². The van der Waals surface area contributed by atoms with Crippen LogP contribution in [0, 0.1) is 5.82 Å². The number of hydrogen-bond donors (Lipinski definition) is 2. The van der Waals surface area contributed by atoms with E-state index >= 15 is 0 Å². The van der Waals surface area contributed by atoms with Crippen molar-refractivity contribution in [3.63, 3.8) is 0 Å². The van der Waals surface area contributed by atoms with Crippen molar-refractivity contribution >= 4 is 18.3 Å². The third kappa shape index (κ3) is 5.36. The van der Waals surface area contributed by atoms with Crippen LogP contribution in [0.15, 0.2) is 30.6 Å². The maximum atomic E-state index is 13.9. The minimum Gasteiger partial charge on any atom is -0.434 e. The molecule has 0 saturated carbocycles. The molecule has 0 spiro atoms. The Kier molecular flexibility index (Phi) is 7.72. The van der Waals surface area contributed by atoms with E-state index in [0.717, 1.165) is 6.07 Å². The summed E-state index contributed by atoms with van der Waals surface area (Å²) in [6.07, 6.45) is 3.18. The van der Waals surface area contributed by atoms with Gasteiger partial charge in [0, 0.05) is 30.9 Å². The number of aryl methyl sites for hydroxylation is 1. The summed E-state index contributed by atoms with van der Waals surface area (Å²) < 4.78 is 44.4. The molecule has 0 bridgehead atoms. The molecule has 6 nitrogen and oxygen atoms in total. The molecule has 2 aromatic rings. The van der Waals surface area contributed by atoms with Crippen LogP contribution in [0.4, 0.5) is 13.2 Å². The van der Waals surface area contributed by atoms with Crippen LogP contribution >= 0.6 is 12.4 Å². The van der Waals surface area contributed by atoms with E-state index in [1.165, 1.54) is 18.3 Å². The summed E-state index contributed by atoms with van der Waals surface area (Å²) in [5, 5.41) is 9.31. The number of aromatic nitrogens is 2. The van der Waals surface area contributed by atoms with Gasteiger partial charge in [0.05, 0.1) is 6.20 Å². The summed E-state index contributed by atoms with van der Waals surface area (Å²) >= 11 is 0. The number of carbonyl (C=O) groups excluding carboxylic acids is 1. The number of benzene rings is 1. The fourth-order valence-electron chi connectivity index (χ4n) is 2.23. The van der Waals surface area contributed by atoms with Gasteiger partial charge >= 0.3 is 6.61 Å². The zero-order valence-electron chi connectivity index (χ0n) is 13.5. The van der Waals surface area contributed by atoms with Crippen molar-refractivity contribution in [2.75, 3.05) is 7.05 Å². The zero-order chi connectivity index (χ0) is 17.7. The first kappa shape index (κ1) is 20.8. The third-order valence-electron chi connectivity index (χ3n) is 3.34. The topological polar surface area (TPSA) is 68.2 Å². The molecule has 0 radical (unpaired) electrons. The molecule has 1 aromatic heterocycles. The molecule has 0 aliphatic heterocycles. The molecule has 0 aliphatic rings. The van der Waals surface area contributed by atoms with Crippen molar-refractivity contribution in [2.45, 2.75) is 19.2 Å². The van der Waals surface area contributed by atoms with Gasteiger partial charge in [-0.3, -0.25) is 9.48 Å². The Hall–Kier alpha value is -2.26. The summed E-state index contributed by atoms with van der Waals surface area (Å²) in [5.41, 5.74) is 0.474. The van der Waals surface area contributed by atoms with E-state index in [0.29, 0.717) is 5.56 Å². The van der Waals surface area contributed by atoms with Gasteiger partial charge in [-0.05, 0) is 19.2 Å². The number of nitrogens with zero attached hydrogens (tertiary/aromatic N) is 2. The number of amides is 1. The molecule has 1 heterocycles. The van der Waals surface area contributed by atoms with Gasteiger partial charge in [-0.25, -0.2) is 4.39 Å². The van der Waals surface area contributed by atoms with Gasteiger partial charge < -0.3 is 15.4 Å². The molecule has 0 fully saturated rings. The van der Waals surface area contributed by atoms with Crippen LogP contribution in [-0.2, 0) is 18.4 Å². The lowest BCUT2D eigenvalue weighted by atomic mass is 10.1. The number of carbonyl (C=O) groups is 1. The van der Waals surface area contributed by atoms with Gasteiger partial charge in [-0.15, -0.1) is 12.4 Å². The van der Waals surface area contributed by atoms with Gasteiger partial charge in [-0.2, -0.15) is 13.9 Å². The number of hydrogen-bond acceptors (Lipinski definition) is 4. The minimum atomic E-state index is -3.08. The number of ether oxygens (including phenoxy) is 1. The first-order valence-electron chi connectivity index (χ1n) is 7.08. The monoisotopic (exact) mass is 378 g/mol. The minimum absolute atomic E-state index is 0. The Morgan fingerprint density at radius 3 is 2.68 bits per heavy atom. The highest BCUT2D eigenvalue weighted by Gasteiger charge is 2.21. The predicted octanol–water partition coefficient (Wildman–Crippen LogP) is 2.16. The van der Waals surface area contributed by atoms with Crippen LogP contribution in [0.2, 0.25) is 0 Å². The SMILES string of the molecule is CNC(C(=O)NCc1c(F)cccc1OC(F)F)c1cnn(C)c1.Cl. The molecule has 138 valence electrons. The molecule has 1 aromatic carbocycles. The van der Waals surface area contributed by atoms with Gasteiger partial charge in [0.25, 0.3) is 0 Å².